The Kier molecular flexibility index (Phi) is 6.28. The lowest BCUT2D eigenvalue weighted by Crippen LogP contribution is -2.42. The van der Waals surface area contributed by atoms with Crippen molar-refractivity contribution in [3.63, 3.8) is 0 Å². The Bertz CT molecular complexity index is 987. The van der Waals surface area contributed by atoms with Crippen molar-refractivity contribution in [2.45, 2.75) is 43.9 Å². The summed E-state index contributed by atoms with van der Waals surface area (Å²) in [6.45, 7) is 0.659. The van der Waals surface area contributed by atoms with Gasteiger partial charge in [0.1, 0.15) is 0 Å². The van der Waals surface area contributed by atoms with Crippen molar-refractivity contribution in [3.05, 3.63) is 59.0 Å². The van der Waals surface area contributed by atoms with Crippen LogP contribution in [0.2, 0.25) is 0 Å². The van der Waals surface area contributed by atoms with Crippen molar-refractivity contribution in [1.82, 2.24) is 5.32 Å². The molecule has 1 saturated carbocycles. The number of methoxy groups -OCH3 is 2. The molecule has 0 radical (unpaired) electrons. The molecule has 0 unspecified atom stereocenters. The smallest absolute Gasteiger partial charge is 0.225 e. The maximum Gasteiger partial charge on any atom is 0.225 e. The van der Waals surface area contributed by atoms with Crippen molar-refractivity contribution >= 4 is 27.3 Å². The Morgan fingerprint density at radius 3 is 2.50 bits per heavy atom. The molecule has 4 rings (SSSR count). The summed E-state index contributed by atoms with van der Waals surface area (Å²) in [6.07, 6.45) is 6.20. The Hall–Kier alpha value is -2.53. The van der Waals surface area contributed by atoms with Crippen LogP contribution in [0.3, 0.4) is 0 Å². The minimum absolute atomic E-state index is 0.0480. The van der Waals surface area contributed by atoms with Crippen LogP contribution in [-0.4, -0.2) is 26.7 Å². The summed E-state index contributed by atoms with van der Waals surface area (Å²) >= 11 is 1.70. The van der Waals surface area contributed by atoms with Gasteiger partial charge in [-0.25, -0.2) is 0 Å². The Morgan fingerprint density at radius 2 is 1.77 bits per heavy atom. The number of thiophene rings is 1. The van der Waals surface area contributed by atoms with Crippen LogP contribution in [0.25, 0.3) is 10.1 Å². The van der Waals surface area contributed by atoms with E-state index in [1.165, 1.54) is 34.9 Å². The number of nitrogens with one attached hydrogen (secondary N) is 1. The van der Waals surface area contributed by atoms with Crippen LogP contribution >= 0.6 is 11.3 Å². The molecule has 1 aromatic heterocycles. The van der Waals surface area contributed by atoms with Gasteiger partial charge in [-0.2, -0.15) is 0 Å². The van der Waals surface area contributed by atoms with Crippen LogP contribution in [0.15, 0.2) is 48.5 Å². The molecule has 1 aliphatic carbocycles. The largest absolute Gasteiger partial charge is 0.493 e. The highest BCUT2D eigenvalue weighted by Crippen LogP contribution is 2.42. The maximum absolute atomic E-state index is 12.8. The number of ether oxygens (including phenoxy) is 2. The normalized spacial score (nSPS) is 15.7. The van der Waals surface area contributed by atoms with Crippen LogP contribution in [0.1, 0.15) is 42.5 Å². The summed E-state index contributed by atoms with van der Waals surface area (Å²) in [6, 6.07) is 16.6. The third kappa shape index (κ3) is 4.31. The zero-order chi connectivity index (χ0) is 21.0. The summed E-state index contributed by atoms with van der Waals surface area (Å²) < 4.78 is 12.2. The molecule has 0 spiro atoms. The lowest BCUT2D eigenvalue weighted by atomic mass is 9.69. The second-order valence-corrected chi connectivity index (χ2v) is 9.28. The average molecular weight is 424 g/mol. The van der Waals surface area contributed by atoms with Gasteiger partial charge in [-0.05, 0) is 48.1 Å². The van der Waals surface area contributed by atoms with Crippen molar-refractivity contribution in [2.75, 3.05) is 20.8 Å². The van der Waals surface area contributed by atoms with Gasteiger partial charge >= 0.3 is 0 Å². The number of hydrogen-bond acceptors (Lipinski definition) is 4. The van der Waals surface area contributed by atoms with E-state index in [0.717, 1.165) is 29.2 Å². The van der Waals surface area contributed by atoms with Crippen LogP contribution in [-0.2, 0) is 16.6 Å². The van der Waals surface area contributed by atoms with Crippen LogP contribution in [0.4, 0.5) is 0 Å². The quantitative estimate of drug-likeness (QED) is 0.547. The fraction of sp³-hybridized carbons (Fsp3) is 0.400. The van der Waals surface area contributed by atoms with E-state index >= 15 is 0 Å². The van der Waals surface area contributed by atoms with E-state index < -0.39 is 0 Å². The molecule has 3 aromatic rings. The molecule has 1 aliphatic rings. The molecule has 0 bridgehead atoms. The van der Waals surface area contributed by atoms with Gasteiger partial charge < -0.3 is 14.8 Å². The SMILES string of the molecule is COc1ccc(C2(CNC(=O)Cc3cc4ccccc4s3)CCCCC2)cc1OC. The predicted octanol–water partition coefficient (Wildman–Crippen LogP) is 5.48. The highest BCUT2D eigenvalue weighted by atomic mass is 32.1. The average Bonchev–Trinajstić information content (AvgIpc) is 3.20. The lowest BCUT2D eigenvalue weighted by molar-refractivity contribution is -0.120. The van der Waals surface area contributed by atoms with Gasteiger partial charge in [-0.1, -0.05) is 43.5 Å². The minimum Gasteiger partial charge on any atom is -0.493 e. The third-order valence-electron chi connectivity index (χ3n) is 6.24. The van der Waals surface area contributed by atoms with Gasteiger partial charge in [0.05, 0.1) is 20.6 Å². The van der Waals surface area contributed by atoms with Gasteiger partial charge in [0.2, 0.25) is 5.91 Å². The summed E-state index contributed by atoms with van der Waals surface area (Å²) in [5.74, 6) is 1.57. The zero-order valence-corrected chi connectivity index (χ0v) is 18.5. The van der Waals surface area contributed by atoms with Crippen LogP contribution in [0.5, 0.6) is 11.5 Å². The maximum atomic E-state index is 12.8. The van der Waals surface area contributed by atoms with Gasteiger partial charge in [0.25, 0.3) is 0 Å². The van der Waals surface area contributed by atoms with E-state index in [-0.39, 0.29) is 11.3 Å². The van der Waals surface area contributed by atoms with Gasteiger partial charge in [0, 0.05) is 21.5 Å². The predicted molar refractivity (Wildman–Crippen MR) is 123 cm³/mol. The molecular formula is C25H29NO3S. The van der Waals surface area contributed by atoms with Crippen molar-refractivity contribution in [2.24, 2.45) is 0 Å². The standard InChI is InChI=1S/C25H29NO3S/c1-28-21-11-10-19(15-22(21)29-2)25(12-6-3-7-13-25)17-26-24(27)16-20-14-18-8-4-5-9-23(18)30-20/h4-5,8-11,14-15H,3,6-7,12-13,16-17H2,1-2H3,(H,26,27). The first-order chi connectivity index (χ1) is 14.6. The first-order valence-corrected chi connectivity index (χ1v) is 11.4. The molecular weight excluding hydrogens is 394 g/mol. The number of fused-ring (bicyclic) bond motifs is 1. The van der Waals surface area contributed by atoms with Gasteiger partial charge in [-0.15, -0.1) is 11.3 Å². The second-order valence-electron chi connectivity index (χ2n) is 8.11. The fourth-order valence-electron chi connectivity index (χ4n) is 4.57. The van der Waals surface area contributed by atoms with E-state index in [4.69, 9.17) is 9.47 Å². The third-order valence-corrected chi connectivity index (χ3v) is 7.36. The first-order valence-electron chi connectivity index (χ1n) is 10.6. The highest BCUT2D eigenvalue weighted by molar-refractivity contribution is 7.19. The molecule has 0 aliphatic heterocycles. The lowest BCUT2D eigenvalue weighted by Gasteiger charge is -2.38. The molecule has 4 nitrogen and oxygen atoms in total. The Labute approximate surface area is 182 Å². The van der Waals surface area contributed by atoms with Gasteiger partial charge in [-0.3, -0.25) is 4.79 Å². The van der Waals surface area contributed by atoms with E-state index in [1.807, 2.05) is 18.2 Å². The highest BCUT2D eigenvalue weighted by Gasteiger charge is 2.35. The van der Waals surface area contributed by atoms with Crippen molar-refractivity contribution in [1.29, 1.82) is 0 Å². The molecule has 1 fully saturated rings. The van der Waals surface area contributed by atoms with E-state index in [9.17, 15) is 4.79 Å². The summed E-state index contributed by atoms with van der Waals surface area (Å²) in [5, 5.41) is 4.45. The number of carbonyl (C=O) groups is 1. The molecule has 0 saturated heterocycles. The molecule has 2 aromatic carbocycles. The van der Waals surface area contributed by atoms with Crippen LogP contribution in [0, 0.1) is 0 Å². The molecule has 158 valence electrons. The van der Waals surface area contributed by atoms with Crippen molar-refractivity contribution in [3.8, 4) is 11.5 Å². The topological polar surface area (TPSA) is 47.6 Å². The van der Waals surface area contributed by atoms with E-state index in [1.54, 1.807) is 25.6 Å². The fourth-order valence-corrected chi connectivity index (χ4v) is 5.64. The Balaban J connectivity index is 1.49. The van der Waals surface area contributed by atoms with E-state index in [0.29, 0.717) is 13.0 Å². The van der Waals surface area contributed by atoms with E-state index in [2.05, 4.69) is 35.6 Å². The summed E-state index contributed by atoms with van der Waals surface area (Å²) in [4.78, 5) is 13.9. The molecule has 0 atom stereocenters. The second kappa shape index (κ2) is 9.09. The Morgan fingerprint density at radius 1 is 1.00 bits per heavy atom. The molecule has 1 N–H and O–H groups in total. The molecule has 1 amide bonds. The number of carbonyl (C=O) groups excluding carboxylic acids is 1. The molecule has 30 heavy (non-hydrogen) atoms. The number of hydrogen-bond donors (Lipinski definition) is 1. The zero-order valence-electron chi connectivity index (χ0n) is 17.7. The first kappa shape index (κ1) is 20.7. The summed E-state index contributed by atoms with van der Waals surface area (Å²) in [7, 11) is 3.32. The molecule has 1 heterocycles. The molecule has 5 heteroatoms. The number of rotatable bonds is 7. The summed E-state index contributed by atoms with van der Waals surface area (Å²) in [5.41, 5.74) is 1.18. The monoisotopic (exact) mass is 423 g/mol. The minimum atomic E-state index is -0.0480. The van der Waals surface area contributed by atoms with Crippen molar-refractivity contribution < 1.29 is 14.3 Å². The number of amides is 1. The van der Waals surface area contributed by atoms with Crippen LogP contribution < -0.4 is 14.8 Å². The number of benzene rings is 2. The van der Waals surface area contributed by atoms with Gasteiger partial charge in [0.15, 0.2) is 11.5 Å².